The molecule has 1 aromatic heterocycles. The van der Waals surface area contributed by atoms with Crippen molar-refractivity contribution in [2.75, 3.05) is 13.2 Å². The Bertz CT molecular complexity index is 2060. The SMILES string of the molecule is CCOC(=O)C1=C(C(F)(F)F)N=c2s/c(=C\c3cc(Br)c(OCc4ccc(Cl)c(Cl)c4)c(OCC)c3)c(=O)n2[C@H]1c1ccc(Cl)cc1. The first kappa shape index (κ1) is 35.0. The lowest BCUT2D eigenvalue weighted by molar-refractivity contribution is -0.140. The number of benzene rings is 3. The summed E-state index contributed by atoms with van der Waals surface area (Å²) in [5, 5.41) is 1.11. The highest BCUT2D eigenvalue weighted by molar-refractivity contribution is 9.10. The first-order valence-electron chi connectivity index (χ1n) is 13.9. The molecule has 3 aromatic carbocycles. The third kappa shape index (κ3) is 7.57. The molecular weight excluding hydrogens is 768 g/mol. The van der Waals surface area contributed by atoms with E-state index in [1.807, 2.05) is 0 Å². The number of halogens is 7. The van der Waals surface area contributed by atoms with Crippen molar-refractivity contribution in [3.63, 3.8) is 0 Å². The van der Waals surface area contributed by atoms with E-state index in [0.29, 0.717) is 43.2 Å². The summed E-state index contributed by atoms with van der Waals surface area (Å²) in [7, 11) is 0. The lowest BCUT2D eigenvalue weighted by Gasteiger charge is -2.26. The number of rotatable bonds is 9. The lowest BCUT2D eigenvalue weighted by Crippen LogP contribution is -2.41. The first-order chi connectivity index (χ1) is 22.3. The molecule has 2 heterocycles. The minimum atomic E-state index is -5.02. The Hall–Kier alpha value is -3.29. The molecule has 15 heteroatoms. The van der Waals surface area contributed by atoms with Crippen molar-refractivity contribution in [2.45, 2.75) is 32.7 Å². The second-order valence-corrected chi connectivity index (χ2v) is 13.0. The molecule has 5 rings (SSSR count). The largest absolute Gasteiger partial charge is 0.490 e. The maximum absolute atomic E-state index is 14.4. The number of hydrogen-bond acceptors (Lipinski definition) is 7. The number of alkyl halides is 3. The molecule has 246 valence electrons. The maximum atomic E-state index is 14.4. The van der Waals surface area contributed by atoms with Crippen LogP contribution in [0.5, 0.6) is 11.5 Å². The number of nitrogens with zero attached hydrogens (tertiary/aromatic N) is 2. The fourth-order valence-electron chi connectivity index (χ4n) is 4.81. The van der Waals surface area contributed by atoms with Crippen LogP contribution in [0.2, 0.25) is 15.1 Å². The van der Waals surface area contributed by atoms with Gasteiger partial charge in [0.15, 0.2) is 22.0 Å². The minimum absolute atomic E-state index is 0.0631. The molecule has 0 saturated carbocycles. The standard InChI is InChI=1S/C32H23BrCl3F3N2O5S/c1-3-44-23-13-17(11-20(33)27(23)46-15-16-5-10-21(35)22(36)12-16)14-24-29(42)41-26(18-6-8-19(34)9-7-18)25(30(43)45-4-2)28(32(37,38)39)40-31(41)47-24/h5-14,26H,3-4,15H2,1-2H3/b24-14-/t26-/m0/s1. The summed E-state index contributed by atoms with van der Waals surface area (Å²) in [5.74, 6) is -0.503. The summed E-state index contributed by atoms with van der Waals surface area (Å²) in [6.07, 6.45) is -3.52. The van der Waals surface area contributed by atoms with Crippen LogP contribution in [0.3, 0.4) is 0 Å². The van der Waals surface area contributed by atoms with Crippen LogP contribution < -0.4 is 24.4 Å². The molecule has 0 spiro atoms. The number of hydrogen-bond donors (Lipinski definition) is 0. The molecule has 0 fully saturated rings. The molecule has 0 aliphatic carbocycles. The normalized spacial score (nSPS) is 14.9. The smallest absolute Gasteiger partial charge is 0.434 e. The van der Waals surface area contributed by atoms with Crippen molar-refractivity contribution in [3.05, 3.63) is 122 Å². The Labute approximate surface area is 293 Å². The highest BCUT2D eigenvalue weighted by Gasteiger charge is 2.45. The number of fused-ring (bicyclic) bond motifs is 1. The van der Waals surface area contributed by atoms with Crippen molar-refractivity contribution < 1.29 is 32.2 Å². The molecule has 0 radical (unpaired) electrons. The van der Waals surface area contributed by atoms with Gasteiger partial charge in [-0.3, -0.25) is 9.36 Å². The number of esters is 1. The second-order valence-electron chi connectivity index (χ2n) is 9.91. The monoisotopic (exact) mass is 788 g/mol. The van der Waals surface area contributed by atoms with Gasteiger partial charge < -0.3 is 14.2 Å². The highest BCUT2D eigenvalue weighted by Crippen LogP contribution is 2.40. The molecule has 47 heavy (non-hydrogen) atoms. The fraction of sp³-hybridized carbons (Fsp3) is 0.219. The predicted molar refractivity (Wildman–Crippen MR) is 178 cm³/mol. The quantitative estimate of drug-likeness (QED) is 0.161. The van der Waals surface area contributed by atoms with E-state index < -0.39 is 35.0 Å². The van der Waals surface area contributed by atoms with Gasteiger partial charge in [0.1, 0.15) is 6.61 Å². The summed E-state index contributed by atoms with van der Waals surface area (Å²) >= 11 is 22.4. The molecule has 0 amide bonds. The average molecular weight is 791 g/mol. The first-order valence-corrected chi connectivity index (χ1v) is 16.7. The molecule has 0 saturated heterocycles. The minimum Gasteiger partial charge on any atom is -0.490 e. The number of carbonyl (C=O) groups is 1. The Kier molecular flexibility index (Phi) is 10.8. The van der Waals surface area contributed by atoms with Crippen molar-refractivity contribution >= 4 is 74.1 Å². The molecule has 7 nitrogen and oxygen atoms in total. The van der Waals surface area contributed by atoms with Crippen LogP contribution in [0.1, 0.15) is 36.6 Å². The van der Waals surface area contributed by atoms with Crippen LogP contribution >= 0.6 is 62.1 Å². The third-order valence-electron chi connectivity index (χ3n) is 6.78. The maximum Gasteiger partial charge on any atom is 0.434 e. The Morgan fingerprint density at radius 1 is 1.02 bits per heavy atom. The van der Waals surface area contributed by atoms with Gasteiger partial charge in [-0.2, -0.15) is 13.2 Å². The van der Waals surface area contributed by atoms with Gasteiger partial charge in [0.25, 0.3) is 5.56 Å². The molecular formula is C32H23BrCl3F3N2O5S. The summed E-state index contributed by atoms with van der Waals surface area (Å²) < 4.78 is 61.7. The molecule has 0 unspecified atom stereocenters. The fourth-order valence-corrected chi connectivity index (χ4v) is 6.83. The zero-order valence-corrected chi connectivity index (χ0v) is 29.1. The number of carbonyl (C=O) groups excluding carboxylic acids is 1. The Morgan fingerprint density at radius 3 is 2.38 bits per heavy atom. The van der Waals surface area contributed by atoms with Gasteiger partial charge in [-0.05, 0) is 88.9 Å². The number of aromatic nitrogens is 1. The highest BCUT2D eigenvalue weighted by atomic mass is 79.9. The Morgan fingerprint density at radius 2 is 1.74 bits per heavy atom. The third-order valence-corrected chi connectivity index (χ3v) is 9.34. The van der Waals surface area contributed by atoms with E-state index in [1.165, 1.54) is 37.3 Å². The number of ether oxygens (including phenoxy) is 3. The van der Waals surface area contributed by atoms with Gasteiger partial charge in [-0.25, -0.2) is 9.79 Å². The lowest BCUT2D eigenvalue weighted by atomic mass is 9.95. The van der Waals surface area contributed by atoms with Crippen molar-refractivity contribution in [2.24, 2.45) is 4.99 Å². The summed E-state index contributed by atoms with van der Waals surface area (Å²) in [6, 6.07) is 12.8. The van der Waals surface area contributed by atoms with E-state index in [0.717, 1.165) is 21.5 Å². The van der Waals surface area contributed by atoms with Crippen LogP contribution in [0, 0.1) is 0 Å². The van der Waals surface area contributed by atoms with Crippen LogP contribution in [0.25, 0.3) is 6.08 Å². The zero-order valence-electron chi connectivity index (χ0n) is 24.5. The predicted octanol–water partition coefficient (Wildman–Crippen LogP) is 8.04. The van der Waals surface area contributed by atoms with E-state index >= 15 is 0 Å². The molecule has 4 aromatic rings. The summed E-state index contributed by atoms with van der Waals surface area (Å²) in [6.45, 7) is 3.51. The summed E-state index contributed by atoms with van der Waals surface area (Å²) in [4.78, 5) is 30.5. The van der Waals surface area contributed by atoms with Gasteiger partial charge in [0, 0.05) is 5.02 Å². The van der Waals surface area contributed by atoms with Gasteiger partial charge >= 0.3 is 12.1 Å². The van der Waals surface area contributed by atoms with Gasteiger partial charge in [-0.1, -0.05) is 64.3 Å². The second kappa shape index (κ2) is 14.4. The number of thiazole rings is 1. The molecule has 1 aliphatic heterocycles. The van der Waals surface area contributed by atoms with E-state index in [2.05, 4.69) is 20.9 Å². The van der Waals surface area contributed by atoms with Gasteiger partial charge in [-0.15, -0.1) is 0 Å². The molecule has 1 aliphatic rings. The molecule has 0 N–H and O–H groups in total. The van der Waals surface area contributed by atoms with E-state index in [1.54, 1.807) is 37.3 Å². The zero-order chi connectivity index (χ0) is 34.0. The van der Waals surface area contributed by atoms with Gasteiger partial charge in [0.05, 0.1) is 43.9 Å². The van der Waals surface area contributed by atoms with Gasteiger partial charge in [0.2, 0.25) is 0 Å². The average Bonchev–Trinajstić information content (AvgIpc) is 3.32. The van der Waals surface area contributed by atoms with Crippen LogP contribution in [0.4, 0.5) is 13.2 Å². The Balaban J connectivity index is 1.64. The van der Waals surface area contributed by atoms with Crippen molar-refractivity contribution in [3.8, 4) is 11.5 Å². The van der Waals surface area contributed by atoms with E-state index in [4.69, 9.17) is 49.0 Å². The molecule has 0 bridgehead atoms. The summed E-state index contributed by atoms with van der Waals surface area (Å²) in [5.41, 5.74) is -1.44. The van der Waals surface area contributed by atoms with Crippen LogP contribution in [-0.2, 0) is 16.1 Å². The van der Waals surface area contributed by atoms with Crippen LogP contribution in [0.15, 0.2) is 80.1 Å². The van der Waals surface area contributed by atoms with Crippen molar-refractivity contribution in [1.82, 2.24) is 4.57 Å². The molecule has 1 atom stereocenters. The van der Waals surface area contributed by atoms with Crippen LogP contribution in [-0.4, -0.2) is 29.9 Å². The topological polar surface area (TPSA) is 79.1 Å². The van der Waals surface area contributed by atoms with E-state index in [9.17, 15) is 22.8 Å². The number of allylic oxidation sites excluding steroid dienone is 1. The van der Waals surface area contributed by atoms with E-state index in [-0.39, 0.29) is 28.1 Å². The van der Waals surface area contributed by atoms with Crippen molar-refractivity contribution in [1.29, 1.82) is 0 Å².